The molecule has 3 aromatic heterocycles. The van der Waals surface area contributed by atoms with Gasteiger partial charge in [-0.25, -0.2) is 9.37 Å². The van der Waals surface area contributed by atoms with Gasteiger partial charge in [0.25, 0.3) is 5.56 Å². The van der Waals surface area contributed by atoms with Gasteiger partial charge in [-0.1, -0.05) is 30.3 Å². The molecular formula is C25H17FN4O2S. The average molecular weight is 457 g/mol. The highest BCUT2D eigenvalue weighted by atomic mass is 32.1. The van der Waals surface area contributed by atoms with Gasteiger partial charge in [0.2, 0.25) is 0 Å². The molecule has 162 valence electrons. The number of aryl methyl sites for hydroxylation is 1. The van der Waals surface area contributed by atoms with Crippen LogP contribution in [0.4, 0.5) is 4.39 Å². The maximum absolute atomic E-state index is 13.3. The number of carbonyl (C=O) groups is 1. The largest absolute Gasteiger partial charge is 0.346 e. The van der Waals surface area contributed by atoms with Gasteiger partial charge in [-0.15, -0.1) is 11.3 Å². The first-order valence-corrected chi connectivity index (χ1v) is 11.2. The molecule has 6 nitrogen and oxygen atoms in total. The number of ketones is 1. The second-order valence-corrected chi connectivity index (χ2v) is 8.46. The molecule has 0 aliphatic rings. The maximum atomic E-state index is 13.3. The van der Waals surface area contributed by atoms with Crippen LogP contribution in [0.5, 0.6) is 0 Å². The van der Waals surface area contributed by atoms with Gasteiger partial charge in [-0.3, -0.25) is 14.2 Å². The molecule has 0 fully saturated rings. The number of hydrogen-bond acceptors (Lipinski definition) is 5. The second kappa shape index (κ2) is 8.45. The molecule has 0 spiro atoms. The second-order valence-electron chi connectivity index (χ2n) is 7.60. The van der Waals surface area contributed by atoms with Crippen LogP contribution in [-0.4, -0.2) is 19.9 Å². The summed E-state index contributed by atoms with van der Waals surface area (Å²) in [6.45, 7) is 0.320. The fourth-order valence-corrected chi connectivity index (χ4v) is 4.89. The van der Waals surface area contributed by atoms with Crippen molar-refractivity contribution in [2.45, 2.75) is 19.5 Å². The van der Waals surface area contributed by atoms with Crippen molar-refractivity contribution in [2.75, 3.05) is 0 Å². The highest BCUT2D eigenvalue weighted by Gasteiger charge is 2.18. The lowest BCUT2D eigenvalue weighted by molar-refractivity contribution is 0.0972. The molecule has 33 heavy (non-hydrogen) atoms. The first kappa shape index (κ1) is 20.8. The number of aromatic nitrogens is 3. The van der Waals surface area contributed by atoms with Gasteiger partial charge in [0, 0.05) is 40.2 Å². The zero-order valence-corrected chi connectivity index (χ0v) is 18.2. The maximum Gasteiger partial charge on any atom is 0.263 e. The van der Waals surface area contributed by atoms with Gasteiger partial charge < -0.3 is 4.57 Å². The van der Waals surface area contributed by atoms with E-state index < -0.39 is 0 Å². The van der Waals surface area contributed by atoms with E-state index in [-0.39, 0.29) is 23.7 Å². The number of thiophene rings is 1. The molecule has 0 unspecified atom stereocenters. The number of benzene rings is 2. The molecule has 0 bridgehead atoms. The van der Waals surface area contributed by atoms with Crippen molar-refractivity contribution in [1.82, 2.24) is 14.1 Å². The summed E-state index contributed by atoms with van der Waals surface area (Å²) in [6, 6.07) is 15.6. The molecule has 2 aromatic carbocycles. The van der Waals surface area contributed by atoms with Gasteiger partial charge in [-0.2, -0.15) is 5.26 Å². The van der Waals surface area contributed by atoms with E-state index in [1.165, 1.54) is 34.4 Å². The Morgan fingerprint density at radius 1 is 1.12 bits per heavy atom. The van der Waals surface area contributed by atoms with E-state index in [1.54, 1.807) is 18.3 Å². The molecule has 5 aromatic rings. The average Bonchev–Trinajstić information content (AvgIpc) is 3.42. The molecule has 8 heteroatoms. The highest BCUT2D eigenvalue weighted by Crippen LogP contribution is 2.30. The molecule has 3 heterocycles. The van der Waals surface area contributed by atoms with Gasteiger partial charge in [0.1, 0.15) is 10.6 Å². The van der Waals surface area contributed by atoms with E-state index >= 15 is 0 Å². The monoisotopic (exact) mass is 456 g/mol. The van der Waals surface area contributed by atoms with Crippen LogP contribution in [0.1, 0.15) is 16.8 Å². The lowest BCUT2D eigenvalue weighted by Gasteiger charge is -2.06. The van der Waals surface area contributed by atoms with Crippen LogP contribution in [0.15, 0.2) is 71.2 Å². The van der Waals surface area contributed by atoms with Crippen LogP contribution in [0.3, 0.4) is 0 Å². The van der Waals surface area contributed by atoms with Gasteiger partial charge in [-0.05, 0) is 23.8 Å². The van der Waals surface area contributed by atoms with Crippen molar-refractivity contribution >= 4 is 38.2 Å². The molecule has 0 atom stereocenters. The first-order valence-electron chi connectivity index (χ1n) is 10.3. The third-order valence-electron chi connectivity index (χ3n) is 5.58. The van der Waals surface area contributed by atoms with Crippen LogP contribution in [0.2, 0.25) is 0 Å². The summed E-state index contributed by atoms with van der Waals surface area (Å²) in [6.07, 6.45) is 3.47. The van der Waals surface area contributed by atoms with Crippen molar-refractivity contribution in [3.63, 3.8) is 0 Å². The number of nitriles is 1. The zero-order chi connectivity index (χ0) is 22.9. The number of Topliss-reactive ketones (excluding diaryl/α,β-unsaturated/α-hetero) is 1. The van der Waals surface area contributed by atoms with Crippen molar-refractivity contribution in [1.29, 1.82) is 5.26 Å². The third kappa shape index (κ3) is 3.73. The molecule has 0 amide bonds. The number of nitrogens with zero attached hydrogens (tertiary/aromatic N) is 4. The standard InChI is InChI=1S/C25H17FN4O2S/c26-17-8-6-16(7-9-17)20-14-33-24-23(20)25(32)30(15-28-24)13-22(31)19-12-29(11-3-10-27)21-5-2-1-4-18(19)21/h1-2,4-9,12,14-15H,3,11,13H2. The number of para-hydroxylation sites is 1. The molecule has 0 N–H and O–H groups in total. The summed E-state index contributed by atoms with van der Waals surface area (Å²) in [7, 11) is 0. The Bertz CT molecular complexity index is 1610. The lowest BCUT2D eigenvalue weighted by atomic mass is 10.1. The molecule has 0 saturated carbocycles. The summed E-state index contributed by atoms with van der Waals surface area (Å²) >= 11 is 1.33. The van der Waals surface area contributed by atoms with Crippen LogP contribution >= 0.6 is 11.3 Å². The van der Waals surface area contributed by atoms with Crippen LogP contribution < -0.4 is 5.56 Å². The van der Waals surface area contributed by atoms with Crippen molar-refractivity contribution in [3.05, 3.63) is 88.2 Å². The van der Waals surface area contributed by atoms with Crippen molar-refractivity contribution in [3.8, 4) is 17.2 Å². The molecule has 0 aliphatic carbocycles. The van der Waals surface area contributed by atoms with Crippen LogP contribution in [0, 0.1) is 17.1 Å². The predicted molar refractivity (Wildman–Crippen MR) is 126 cm³/mol. The molecular weight excluding hydrogens is 439 g/mol. The fourth-order valence-electron chi connectivity index (χ4n) is 3.99. The summed E-state index contributed by atoms with van der Waals surface area (Å²) in [5, 5.41) is 12.0. The highest BCUT2D eigenvalue weighted by molar-refractivity contribution is 7.17. The van der Waals surface area contributed by atoms with E-state index in [1.807, 2.05) is 34.2 Å². The third-order valence-corrected chi connectivity index (χ3v) is 6.47. The smallest absolute Gasteiger partial charge is 0.263 e. The Morgan fingerprint density at radius 2 is 1.91 bits per heavy atom. The van der Waals surface area contributed by atoms with Gasteiger partial charge >= 0.3 is 0 Å². The minimum absolute atomic E-state index is 0.160. The summed E-state index contributed by atoms with van der Waals surface area (Å²) in [5.41, 5.74) is 2.43. The quantitative estimate of drug-likeness (QED) is 0.336. The summed E-state index contributed by atoms with van der Waals surface area (Å²) < 4.78 is 16.5. The first-order chi connectivity index (χ1) is 16.1. The Morgan fingerprint density at radius 3 is 2.70 bits per heavy atom. The SMILES string of the molecule is N#CCCn1cc(C(=O)Cn2cnc3scc(-c4ccc(F)cc4)c3c2=O)c2ccccc21. The lowest BCUT2D eigenvalue weighted by Crippen LogP contribution is -2.24. The fraction of sp³-hybridized carbons (Fsp3) is 0.120. The number of hydrogen-bond donors (Lipinski definition) is 0. The van der Waals surface area contributed by atoms with Crippen LogP contribution in [0.25, 0.3) is 32.2 Å². The normalized spacial score (nSPS) is 11.2. The number of carbonyl (C=O) groups excluding carboxylic acids is 1. The molecule has 0 radical (unpaired) electrons. The Balaban J connectivity index is 1.54. The van der Waals surface area contributed by atoms with E-state index in [0.717, 1.165) is 10.9 Å². The van der Waals surface area contributed by atoms with E-state index in [0.29, 0.717) is 39.9 Å². The van der Waals surface area contributed by atoms with Crippen molar-refractivity contribution in [2.24, 2.45) is 0 Å². The number of fused-ring (bicyclic) bond motifs is 2. The van der Waals surface area contributed by atoms with Gasteiger partial charge in [0.05, 0.1) is 30.7 Å². The Kier molecular flexibility index (Phi) is 5.32. The van der Waals surface area contributed by atoms with Crippen LogP contribution in [-0.2, 0) is 13.1 Å². The topological polar surface area (TPSA) is 80.7 Å². The van der Waals surface area contributed by atoms with E-state index in [2.05, 4.69) is 11.1 Å². The number of rotatable bonds is 6. The minimum Gasteiger partial charge on any atom is -0.346 e. The summed E-state index contributed by atoms with van der Waals surface area (Å²) in [5.74, 6) is -0.572. The molecule has 0 aliphatic heterocycles. The van der Waals surface area contributed by atoms with E-state index in [9.17, 15) is 14.0 Å². The minimum atomic E-state index is -0.353. The predicted octanol–water partition coefficient (Wildman–Crippen LogP) is 5.02. The van der Waals surface area contributed by atoms with E-state index in [4.69, 9.17) is 5.26 Å². The summed E-state index contributed by atoms with van der Waals surface area (Å²) in [4.78, 5) is 31.5. The Hall–Kier alpha value is -4.09. The van der Waals surface area contributed by atoms with Gasteiger partial charge in [0.15, 0.2) is 5.78 Å². The zero-order valence-electron chi connectivity index (χ0n) is 17.4. The molecule has 0 saturated heterocycles. The molecule has 5 rings (SSSR count). The van der Waals surface area contributed by atoms with Crippen molar-refractivity contribution < 1.29 is 9.18 Å². The Labute approximate surface area is 191 Å². The number of halogens is 1.